The van der Waals surface area contributed by atoms with Gasteiger partial charge in [-0.25, -0.2) is 4.79 Å². The van der Waals surface area contributed by atoms with Gasteiger partial charge in [0.25, 0.3) is 0 Å². The van der Waals surface area contributed by atoms with E-state index in [0.29, 0.717) is 0 Å². The van der Waals surface area contributed by atoms with E-state index >= 15 is 0 Å². The van der Waals surface area contributed by atoms with Crippen molar-refractivity contribution in [3.8, 4) is 0 Å². The predicted octanol–water partition coefficient (Wildman–Crippen LogP) is -0.231. The van der Waals surface area contributed by atoms with Gasteiger partial charge < -0.3 is 18.9 Å². The van der Waals surface area contributed by atoms with Gasteiger partial charge in [0.05, 0.1) is 7.11 Å². The molecule has 0 saturated carbocycles. The first-order chi connectivity index (χ1) is 7.93. The van der Waals surface area contributed by atoms with Gasteiger partial charge in [0.2, 0.25) is 6.29 Å². The number of rotatable bonds is 3. The molecule has 0 amide bonds. The van der Waals surface area contributed by atoms with Gasteiger partial charge >= 0.3 is 17.9 Å². The van der Waals surface area contributed by atoms with Gasteiger partial charge in [0.1, 0.15) is 0 Å². The van der Waals surface area contributed by atoms with Crippen molar-refractivity contribution in [3.63, 3.8) is 0 Å². The van der Waals surface area contributed by atoms with Crippen molar-refractivity contribution in [1.29, 1.82) is 0 Å². The summed E-state index contributed by atoms with van der Waals surface area (Å²) >= 11 is 0. The molecule has 0 N–H and O–H groups in total. The van der Waals surface area contributed by atoms with Gasteiger partial charge in [-0.3, -0.25) is 9.59 Å². The van der Waals surface area contributed by atoms with Crippen LogP contribution in [0.1, 0.15) is 20.3 Å². The Morgan fingerprint density at radius 1 is 1.12 bits per heavy atom. The van der Waals surface area contributed by atoms with Crippen LogP contribution in [0.25, 0.3) is 0 Å². The normalized spacial score (nSPS) is 27.4. The third-order valence-electron chi connectivity index (χ3n) is 2.11. The summed E-state index contributed by atoms with van der Waals surface area (Å²) in [5.74, 6) is -1.73. The Bertz CT molecular complexity index is 301. The van der Waals surface area contributed by atoms with Crippen molar-refractivity contribution in [2.75, 3.05) is 7.11 Å². The second-order valence-corrected chi connectivity index (χ2v) is 3.51. The average Bonchev–Trinajstić information content (AvgIpc) is 2.58. The van der Waals surface area contributed by atoms with Crippen LogP contribution in [-0.4, -0.2) is 43.5 Å². The molecule has 0 aromatic rings. The van der Waals surface area contributed by atoms with Crippen molar-refractivity contribution >= 4 is 17.9 Å². The molecule has 0 aromatic heterocycles. The van der Waals surface area contributed by atoms with E-state index in [-0.39, 0.29) is 6.42 Å². The number of hydrogen-bond donors (Lipinski definition) is 0. The third-order valence-corrected chi connectivity index (χ3v) is 2.11. The lowest BCUT2D eigenvalue weighted by atomic mass is 10.2. The number of hydrogen-bond acceptors (Lipinski definition) is 7. The molecular weight excluding hydrogens is 232 g/mol. The van der Waals surface area contributed by atoms with E-state index in [1.165, 1.54) is 21.0 Å². The highest BCUT2D eigenvalue weighted by atomic mass is 16.7. The summed E-state index contributed by atoms with van der Waals surface area (Å²) in [4.78, 5) is 32.9. The predicted molar refractivity (Wildman–Crippen MR) is 52.6 cm³/mol. The van der Waals surface area contributed by atoms with E-state index in [0.717, 1.165) is 0 Å². The SMILES string of the molecule is COC(=O)[C@@H]1C[C@@H](OC(C)=O)[C@H](OC(C)=O)O1. The summed E-state index contributed by atoms with van der Waals surface area (Å²) in [6, 6.07) is 0. The van der Waals surface area contributed by atoms with Crippen molar-refractivity contribution in [3.05, 3.63) is 0 Å². The summed E-state index contributed by atoms with van der Waals surface area (Å²) in [6.07, 6.45) is -2.65. The quantitative estimate of drug-likeness (QED) is 0.502. The minimum Gasteiger partial charge on any atom is -0.467 e. The summed E-state index contributed by atoms with van der Waals surface area (Å²) in [5, 5.41) is 0. The lowest BCUT2D eigenvalue weighted by molar-refractivity contribution is -0.197. The molecule has 0 bridgehead atoms. The zero-order valence-electron chi connectivity index (χ0n) is 9.80. The van der Waals surface area contributed by atoms with Crippen LogP contribution in [0.2, 0.25) is 0 Å². The zero-order chi connectivity index (χ0) is 13.0. The molecule has 1 fully saturated rings. The molecule has 0 spiro atoms. The Labute approximate surface area is 98.0 Å². The molecular formula is C10H14O7. The molecule has 1 saturated heterocycles. The highest BCUT2D eigenvalue weighted by molar-refractivity contribution is 5.75. The fourth-order valence-corrected chi connectivity index (χ4v) is 1.49. The highest BCUT2D eigenvalue weighted by Crippen LogP contribution is 2.25. The lowest BCUT2D eigenvalue weighted by Crippen LogP contribution is -2.30. The Morgan fingerprint density at radius 3 is 2.18 bits per heavy atom. The molecule has 0 aromatic carbocycles. The van der Waals surface area contributed by atoms with Crippen LogP contribution in [0.5, 0.6) is 0 Å². The van der Waals surface area contributed by atoms with Gasteiger partial charge in [0, 0.05) is 20.3 Å². The maximum Gasteiger partial charge on any atom is 0.335 e. The number of carbonyl (C=O) groups excluding carboxylic acids is 3. The lowest BCUT2D eigenvalue weighted by Gasteiger charge is -2.17. The van der Waals surface area contributed by atoms with Gasteiger partial charge in [-0.15, -0.1) is 0 Å². The van der Waals surface area contributed by atoms with Crippen LogP contribution in [0.15, 0.2) is 0 Å². The Hall–Kier alpha value is -1.63. The number of ether oxygens (including phenoxy) is 4. The molecule has 3 atom stereocenters. The van der Waals surface area contributed by atoms with Gasteiger partial charge in [-0.1, -0.05) is 0 Å². The summed E-state index contributed by atoms with van der Waals surface area (Å²) in [6.45, 7) is 2.41. The first kappa shape index (κ1) is 13.4. The maximum atomic E-state index is 11.2. The fraction of sp³-hybridized carbons (Fsp3) is 0.700. The maximum absolute atomic E-state index is 11.2. The molecule has 0 unspecified atom stereocenters. The molecule has 7 heteroatoms. The molecule has 1 aliphatic heterocycles. The first-order valence-electron chi connectivity index (χ1n) is 5.01. The van der Waals surface area contributed by atoms with Crippen LogP contribution in [0.3, 0.4) is 0 Å². The number of carbonyl (C=O) groups is 3. The van der Waals surface area contributed by atoms with Crippen LogP contribution in [-0.2, 0) is 33.3 Å². The van der Waals surface area contributed by atoms with Crippen LogP contribution in [0.4, 0.5) is 0 Å². The summed E-state index contributed by atoms with van der Waals surface area (Å²) in [7, 11) is 1.21. The average molecular weight is 246 g/mol. The van der Waals surface area contributed by atoms with Crippen molar-refractivity contribution < 1.29 is 33.3 Å². The molecule has 7 nitrogen and oxygen atoms in total. The second kappa shape index (κ2) is 5.62. The summed E-state index contributed by atoms with van der Waals surface area (Å²) in [5.41, 5.74) is 0. The van der Waals surface area contributed by atoms with E-state index in [1.54, 1.807) is 0 Å². The van der Waals surface area contributed by atoms with Crippen molar-refractivity contribution in [2.24, 2.45) is 0 Å². The Kier molecular flexibility index (Phi) is 4.45. The van der Waals surface area contributed by atoms with Gasteiger partial charge in [0.15, 0.2) is 12.2 Å². The Morgan fingerprint density at radius 2 is 1.71 bits per heavy atom. The molecule has 1 heterocycles. The fourth-order valence-electron chi connectivity index (χ4n) is 1.49. The summed E-state index contributed by atoms with van der Waals surface area (Å²) < 4.78 is 19.3. The smallest absolute Gasteiger partial charge is 0.335 e. The minimum atomic E-state index is -1.07. The van der Waals surface area contributed by atoms with E-state index < -0.39 is 36.4 Å². The van der Waals surface area contributed by atoms with Crippen molar-refractivity contribution in [2.45, 2.75) is 38.8 Å². The van der Waals surface area contributed by atoms with E-state index in [9.17, 15) is 14.4 Å². The number of methoxy groups -OCH3 is 1. The molecule has 0 radical (unpaired) electrons. The topological polar surface area (TPSA) is 88.1 Å². The molecule has 1 rings (SSSR count). The highest BCUT2D eigenvalue weighted by Gasteiger charge is 2.43. The first-order valence-corrected chi connectivity index (χ1v) is 5.01. The van der Waals surface area contributed by atoms with E-state index in [2.05, 4.69) is 4.74 Å². The zero-order valence-corrected chi connectivity index (χ0v) is 9.80. The third kappa shape index (κ3) is 3.70. The number of esters is 3. The Balaban J connectivity index is 2.67. The van der Waals surface area contributed by atoms with E-state index in [1.807, 2.05) is 0 Å². The monoisotopic (exact) mass is 246 g/mol. The second-order valence-electron chi connectivity index (χ2n) is 3.51. The van der Waals surface area contributed by atoms with Gasteiger partial charge in [-0.05, 0) is 0 Å². The van der Waals surface area contributed by atoms with Crippen LogP contribution < -0.4 is 0 Å². The minimum absolute atomic E-state index is 0.101. The standard InChI is InChI=1S/C10H14O7/c1-5(11)15-8-4-7(9(13)14-3)17-10(8)16-6(2)12/h7-8,10H,4H2,1-3H3/t7-,8+,10+/m0/s1. The van der Waals surface area contributed by atoms with E-state index in [4.69, 9.17) is 14.2 Å². The molecule has 96 valence electrons. The molecule has 1 aliphatic rings. The van der Waals surface area contributed by atoms with Crippen LogP contribution >= 0.6 is 0 Å². The van der Waals surface area contributed by atoms with Crippen molar-refractivity contribution in [1.82, 2.24) is 0 Å². The van der Waals surface area contributed by atoms with Gasteiger partial charge in [-0.2, -0.15) is 0 Å². The molecule has 0 aliphatic carbocycles. The van der Waals surface area contributed by atoms with Crippen LogP contribution in [0, 0.1) is 0 Å². The molecule has 17 heavy (non-hydrogen) atoms. The largest absolute Gasteiger partial charge is 0.467 e.